The summed E-state index contributed by atoms with van der Waals surface area (Å²) < 4.78 is 0. The van der Waals surface area contributed by atoms with E-state index in [9.17, 15) is 9.59 Å². The topological polar surface area (TPSA) is 63.4 Å². The van der Waals surface area contributed by atoms with Crippen molar-refractivity contribution >= 4 is 24.0 Å². The van der Waals surface area contributed by atoms with Crippen LogP contribution in [0, 0.1) is 0 Å². The minimum atomic E-state index is -0.391. The fraction of sp³-hybridized carbons (Fsp3) is 0.800. The van der Waals surface area contributed by atoms with Crippen molar-refractivity contribution in [3.05, 3.63) is 0 Å². The number of amides is 1. The van der Waals surface area contributed by atoms with Gasteiger partial charge in [0.25, 0.3) is 0 Å². The van der Waals surface area contributed by atoms with Crippen LogP contribution in [0.3, 0.4) is 0 Å². The maximum atomic E-state index is 11.6. The van der Waals surface area contributed by atoms with Crippen molar-refractivity contribution in [1.29, 1.82) is 0 Å². The number of fused-ring (bicyclic) bond motifs is 1. The first kappa shape index (κ1) is 12.5. The van der Waals surface area contributed by atoms with Crippen LogP contribution in [0.4, 0.5) is 0 Å². The summed E-state index contributed by atoms with van der Waals surface area (Å²) >= 11 is 1.68. The molecule has 0 aromatic heterocycles. The van der Waals surface area contributed by atoms with E-state index in [1.54, 1.807) is 16.7 Å². The molecule has 3 unspecified atom stereocenters. The SMILES string of the molecule is CC.NC1CCC2SCC(C=O)N2C1=O. The van der Waals surface area contributed by atoms with Crippen LogP contribution in [0.2, 0.25) is 0 Å². The van der Waals surface area contributed by atoms with Gasteiger partial charge >= 0.3 is 0 Å². The lowest BCUT2D eigenvalue weighted by molar-refractivity contribution is -0.139. The van der Waals surface area contributed by atoms with Crippen LogP contribution in [0.25, 0.3) is 0 Å². The Balaban J connectivity index is 0.000000531. The maximum Gasteiger partial charge on any atom is 0.241 e. The molecular formula is C10H18N2O2S. The molecule has 15 heavy (non-hydrogen) atoms. The van der Waals surface area contributed by atoms with E-state index in [0.29, 0.717) is 0 Å². The third-order valence-corrected chi connectivity index (χ3v) is 3.96. The lowest BCUT2D eigenvalue weighted by atomic mass is 10.0. The molecule has 0 spiro atoms. The number of nitrogens with zero attached hydrogens (tertiary/aromatic N) is 1. The molecule has 0 aromatic carbocycles. The van der Waals surface area contributed by atoms with Crippen LogP contribution in [-0.4, -0.2) is 40.3 Å². The molecule has 4 nitrogen and oxygen atoms in total. The smallest absolute Gasteiger partial charge is 0.241 e. The molecule has 0 aromatic rings. The Morgan fingerprint density at radius 2 is 2.13 bits per heavy atom. The van der Waals surface area contributed by atoms with Gasteiger partial charge in [-0.15, -0.1) is 11.8 Å². The van der Waals surface area contributed by atoms with Crippen molar-refractivity contribution in [2.75, 3.05) is 5.75 Å². The zero-order valence-electron chi connectivity index (χ0n) is 9.18. The summed E-state index contributed by atoms with van der Waals surface area (Å²) in [7, 11) is 0. The molecular weight excluding hydrogens is 212 g/mol. The summed E-state index contributed by atoms with van der Waals surface area (Å²) in [6.07, 6.45) is 2.52. The molecule has 3 atom stereocenters. The van der Waals surface area contributed by atoms with Crippen LogP contribution in [0.1, 0.15) is 26.7 Å². The number of carbonyl (C=O) groups excluding carboxylic acids is 2. The highest BCUT2D eigenvalue weighted by atomic mass is 32.2. The predicted octanol–water partition coefficient (Wildman–Crippen LogP) is 0.603. The average Bonchev–Trinajstić information content (AvgIpc) is 2.70. The van der Waals surface area contributed by atoms with Gasteiger partial charge in [-0.3, -0.25) is 4.79 Å². The Morgan fingerprint density at radius 3 is 2.73 bits per heavy atom. The molecule has 0 saturated carbocycles. The molecule has 0 aliphatic carbocycles. The predicted molar refractivity (Wildman–Crippen MR) is 61.5 cm³/mol. The number of hydrogen-bond acceptors (Lipinski definition) is 4. The van der Waals surface area contributed by atoms with E-state index in [1.165, 1.54) is 0 Å². The normalized spacial score (nSPS) is 34.2. The molecule has 86 valence electrons. The van der Waals surface area contributed by atoms with Gasteiger partial charge in [-0.2, -0.15) is 0 Å². The molecule has 1 amide bonds. The highest BCUT2D eigenvalue weighted by Crippen LogP contribution is 2.35. The molecule has 0 radical (unpaired) electrons. The van der Waals surface area contributed by atoms with Gasteiger partial charge in [-0.25, -0.2) is 0 Å². The summed E-state index contributed by atoms with van der Waals surface area (Å²) in [5.74, 6) is 0.672. The van der Waals surface area contributed by atoms with Crippen LogP contribution in [0.5, 0.6) is 0 Å². The van der Waals surface area contributed by atoms with Gasteiger partial charge in [0, 0.05) is 5.75 Å². The second-order valence-electron chi connectivity index (χ2n) is 3.42. The zero-order chi connectivity index (χ0) is 11.4. The molecule has 2 N–H and O–H groups in total. The fourth-order valence-corrected chi connectivity index (χ4v) is 3.24. The molecule has 2 saturated heterocycles. The van der Waals surface area contributed by atoms with Gasteiger partial charge in [0.2, 0.25) is 5.91 Å². The van der Waals surface area contributed by atoms with Gasteiger partial charge in [0.15, 0.2) is 0 Å². The van der Waals surface area contributed by atoms with Crippen molar-refractivity contribution in [2.45, 2.75) is 44.1 Å². The van der Waals surface area contributed by atoms with Gasteiger partial charge < -0.3 is 15.4 Å². The monoisotopic (exact) mass is 230 g/mol. The number of thioether (sulfide) groups is 1. The van der Waals surface area contributed by atoms with E-state index in [-0.39, 0.29) is 17.3 Å². The minimum Gasteiger partial charge on any atom is -0.320 e. The van der Waals surface area contributed by atoms with Gasteiger partial charge in [0.1, 0.15) is 6.29 Å². The molecule has 0 bridgehead atoms. The van der Waals surface area contributed by atoms with Crippen molar-refractivity contribution in [1.82, 2.24) is 4.90 Å². The maximum absolute atomic E-state index is 11.6. The molecule has 5 heteroatoms. The number of piperidine rings is 1. The van der Waals surface area contributed by atoms with Crippen molar-refractivity contribution in [3.8, 4) is 0 Å². The summed E-state index contributed by atoms with van der Waals surface area (Å²) in [6, 6.07) is -0.633. The van der Waals surface area contributed by atoms with E-state index in [4.69, 9.17) is 5.73 Å². The first-order valence-electron chi connectivity index (χ1n) is 5.38. The van der Waals surface area contributed by atoms with Crippen LogP contribution < -0.4 is 5.73 Å². The Kier molecular flexibility index (Phi) is 4.60. The quantitative estimate of drug-likeness (QED) is 0.670. The Hall–Kier alpha value is -0.550. The van der Waals surface area contributed by atoms with Crippen molar-refractivity contribution < 1.29 is 9.59 Å². The molecule has 2 heterocycles. The molecule has 2 fully saturated rings. The zero-order valence-corrected chi connectivity index (χ0v) is 10.00. The van der Waals surface area contributed by atoms with Gasteiger partial charge in [-0.05, 0) is 12.8 Å². The van der Waals surface area contributed by atoms with Crippen LogP contribution >= 0.6 is 11.8 Å². The third kappa shape index (κ3) is 2.34. The minimum absolute atomic E-state index is 0.0571. The second kappa shape index (κ2) is 5.51. The molecule has 2 aliphatic heterocycles. The number of aldehydes is 1. The van der Waals surface area contributed by atoms with E-state index in [2.05, 4.69) is 0 Å². The Morgan fingerprint density at radius 1 is 1.47 bits per heavy atom. The first-order valence-corrected chi connectivity index (χ1v) is 6.43. The Bertz CT molecular complexity index is 248. The number of hydrogen-bond donors (Lipinski definition) is 1. The summed E-state index contributed by atoms with van der Waals surface area (Å²) in [5, 5.41) is 0.197. The highest BCUT2D eigenvalue weighted by Gasteiger charge is 2.42. The fourth-order valence-electron chi connectivity index (χ4n) is 1.85. The van der Waals surface area contributed by atoms with Crippen molar-refractivity contribution in [2.24, 2.45) is 5.73 Å². The van der Waals surface area contributed by atoms with Gasteiger partial charge in [-0.1, -0.05) is 13.8 Å². The average molecular weight is 230 g/mol. The second-order valence-corrected chi connectivity index (χ2v) is 4.63. The van der Waals surface area contributed by atoms with E-state index in [1.807, 2.05) is 13.8 Å². The lowest BCUT2D eigenvalue weighted by Crippen LogP contribution is -2.53. The van der Waals surface area contributed by atoms with Crippen LogP contribution in [-0.2, 0) is 9.59 Å². The number of carbonyl (C=O) groups is 2. The first-order chi connectivity index (χ1) is 7.24. The number of rotatable bonds is 1. The highest BCUT2D eigenvalue weighted by molar-refractivity contribution is 8.00. The molecule has 2 aliphatic rings. The summed E-state index contributed by atoms with van der Waals surface area (Å²) in [4.78, 5) is 23.9. The van der Waals surface area contributed by atoms with Gasteiger partial charge in [0.05, 0.1) is 17.5 Å². The Labute approximate surface area is 94.6 Å². The van der Waals surface area contributed by atoms with E-state index < -0.39 is 6.04 Å². The summed E-state index contributed by atoms with van der Waals surface area (Å²) in [5.41, 5.74) is 5.63. The number of nitrogens with two attached hydrogens (primary N) is 1. The van der Waals surface area contributed by atoms with E-state index >= 15 is 0 Å². The third-order valence-electron chi connectivity index (χ3n) is 2.58. The van der Waals surface area contributed by atoms with Crippen LogP contribution in [0.15, 0.2) is 0 Å². The van der Waals surface area contributed by atoms with E-state index in [0.717, 1.165) is 24.9 Å². The summed E-state index contributed by atoms with van der Waals surface area (Å²) in [6.45, 7) is 4.00. The van der Waals surface area contributed by atoms with Crippen molar-refractivity contribution in [3.63, 3.8) is 0 Å². The standard InChI is InChI=1S/C8H12N2O2S.C2H6/c9-6-1-2-7-10(8(6)12)5(3-11)4-13-7;1-2/h3,5-7H,1-2,4,9H2;1-2H3. The largest absolute Gasteiger partial charge is 0.320 e. The molecule has 2 rings (SSSR count). The lowest BCUT2D eigenvalue weighted by Gasteiger charge is -2.34.